The van der Waals surface area contributed by atoms with Crippen molar-refractivity contribution in [2.24, 2.45) is 10.6 Å². The lowest BCUT2D eigenvalue weighted by molar-refractivity contribution is -0.144. The summed E-state index contributed by atoms with van der Waals surface area (Å²) in [5.74, 6) is -3.31. The average molecular weight is 678 g/mol. The zero-order valence-electron chi connectivity index (χ0n) is 28.0. The van der Waals surface area contributed by atoms with Gasteiger partial charge in [-0.15, -0.1) is 0 Å². The number of carbonyl (C=O) groups excluding carboxylic acids is 5. The molecule has 1 saturated carbocycles. The fraction of sp³-hybridized carbons (Fsp3) is 0.636. The zero-order valence-corrected chi connectivity index (χ0v) is 28.8. The van der Waals surface area contributed by atoms with E-state index in [1.165, 1.54) is 23.1 Å². The Morgan fingerprint density at radius 2 is 1.81 bits per heavy atom. The number of oxime groups is 1. The minimum Gasteiger partial charge on any atom is -0.444 e. The van der Waals surface area contributed by atoms with Gasteiger partial charge in [0.1, 0.15) is 23.5 Å². The van der Waals surface area contributed by atoms with E-state index in [4.69, 9.17) is 21.2 Å². The van der Waals surface area contributed by atoms with Gasteiger partial charge in [0.25, 0.3) is 5.91 Å². The van der Waals surface area contributed by atoms with Crippen LogP contribution in [-0.2, 0) is 28.8 Å². The lowest BCUT2D eigenvalue weighted by atomic mass is 9.85. The van der Waals surface area contributed by atoms with Crippen molar-refractivity contribution >= 4 is 46.9 Å². The summed E-state index contributed by atoms with van der Waals surface area (Å²) < 4.78 is 19.3. The predicted octanol–water partition coefficient (Wildman–Crippen LogP) is 4.02. The molecule has 1 saturated heterocycles. The Hall–Kier alpha value is -3.74. The van der Waals surface area contributed by atoms with Gasteiger partial charge < -0.3 is 30.4 Å². The zero-order chi connectivity index (χ0) is 34.9. The largest absolute Gasteiger partial charge is 0.444 e. The molecule has 14 heteroatoms. The van der Waals surface area contributed by atoms with Crippen LogP contribution in [0.4, 0.5) is 9.18 Å². The first-order valence-corrected chi connectivity index (χ1v) is 16.4. The Bertz CT molecular complexity index is 1450. The van der Waals surface area contributed by atoms with Gasteiger partial charge in [0.05, 0.1) is 23.3 Å². The molecule has 4 amide bonds. The first-order chi connectivity index (χ1) is 21.8. The number of rotatable bonds is 10. The van der Waals surface area contributed by atoms with E-state index < -0.39 is 70.2 Å². The monoisotopic (exact) mass is 677 g/mol. The van der Waals surface area contributed by atoms with Crippen LogP contribution in [0, 0.1) is 11.2 Å². The summed E-state index contributed by atoms with van der Waals surface area (Å²) in [4.78, 5) is 74.2. The van der Waals surface area contributed by atoms with Gasteiger partial charge in [0.15, 0.2) is 5.60 Å². The molecule has 0 aromatic heterocycles. The van der Waals surface area contributed by atoms with Gasteiger partial charge in [-0.1, -0.05) is 56.9 Å². The number of hydrogen-bond acceptors (Lipinski definition) is 8. The number of alkyl carbamates (subject to hydrolysis) is 1. The molecule has 3 N–H and O–H groups in total. The second kappa shape index (κ2) is 13.8. The van der Waals surface area contributed by atoms with Crippen LogP contribution >= 0.6 is 11.6 Å². The molecule has 1 aliphatic carbocycles. The minimum absolute atomic E-state index is 0.00287. The second-order valence-corrected chi connectivity index (χ2v) is 15.1. The van der Waals surface area contributed by atoms with E-state index in [0.29, 0.717) is 17.7 Å². The number of carbonyl (C=O) groups is 5. The molecular weight excluding hydrogens is 633 g/mol. The lowest BCUT2D eigenvalue weighted by Gasteiger charge is -2.36. The number of nitrogens with one attached hydrogen (secondary N) is 3. The summed E-state index contributed by atoms with van der Waals surface area (Å²) >= 11 is 6.01. The molecule has 4 atom stereocenters. The van der Waals surface area contributed by atoms with Gasteiger partial charge in [0.2, 0.25) is 17.6 Å². The molecule has 0 bridgehead atoms. The van der Waals surface area contributed by atoms with E-state index in [1.54, 1.807) is 41.5 Å². The summed E-state index contributed by atoms with van der Waals surface area (Å²) in [6.45, 7) is 12.2. The van der Waals surface area contributed by atoms with Crippen molar-refractivity contribution in [2.45, 2.75) is 122 Å². The van der Waals surface area contributed by atoms with Gasteiger partial charge in [-0.3, -0.25) is 19.2 Å². The topological polar surface area (TPSA) is 156 Å². The third-order valence-electron chi connectivity index (χ3n) is 8.20. The van der Waals surface area contributed by atoms with Crippen molar-refractivity contribution in [3.05, 3.63) is 34.6 Å². The van der Waals surface area contributed by atoms with Crippen LogP contribution in [0.3, 0.4) is 0 Å². The van der Waals surface area contributed by atoms with Gasteiger partial charge >= 0.3 is 6.09 Å². The highest BCUT2D eigenvalue weighted by Crippen LogP contribution is 2.40. The first-order valence-electron chi connectivity index (χ1n) is 16.0. The third-order valence-corrected chi connectivity index (χ3v) is 8.49. The van der Waals surface area contributed by atoms with Crippen LogP contribution in [0.15, 0.2) is 23.4 Å². The molecule has 3 aliphatic rings. The van der Waals surface area contributed by atoms with Crippen molar-refractivity contribution in [3.8, 4) is 0 Å². The van der Waals surface area contributed by atoms with E-state index >= 15 is 0 Å². The third kappa shape index (κ3) is 9.00. The molecule has 0 radical (unpaired) electrons. The summed E-state index contributed by atoms with van der Waals surface area (Å²) in [6.07, 6.45) is 1.69. The maximum atomic E-state index is 14.4. The summed E-state index contributed by atoms with van der Waals surface area (Å²) in [7, 11) is 0. The number of ketones is 1. The minimum atomic E-state index is -1.14. The van der Waals surface area contributed by atoms with Gasteiger partial charge in [-0.2, -0.15) is 0 Å². The number of hydrogen-bond donors (Lipinski definition) is 3. The van der Waals surface area contributed by atoms with Gasteiger partial charge in [-0.05, 0) is 57.6 Å². The van der Waals surface area contributed by atoms with Gasteiger partial charge in [-0.25, -0.2) is 9.18 Å². The molecule has 0 unspecified atom stereocenters. The fourth-order valence-corrected chi connectivity index (χ4v) is 5.85. The van der Waals surface area contributed by atoms with E-state index in [0.717, 1.165) is 12.8 Å². The molecule has 1 aromatic carbocycles. The number of amides is 4. The number of Topliss-reactive ketones (excluding diaryl/α,β-unsaturated/α-hetero) is 1. The van der Waals surface area contributed by atoms with Crippen LogP contribution in [0.2, 0.25) is 5.02 Å². The maximum Gasteiger partial charge on any atom is 0.408 e. The molecule has 4 rings (SSSR count). The Labute approximate surface area is 279 Å². The van der Waals surface area contributed by atoms with E-state index in [-0.39, 0.29) is 36.9 Å². The van der Waals surface area contributed by atoms with E-state index in [2.05, 4.69) is 21.1 Å². The van der Waals surface area contributed by atoms with Crippen LogP contribution in [0.25, 0.3) is 0 Å². The Balaban J connectivity index is 1.62. The number of benzene rings is 1. The molecule has 2 heterocycles. The molecule has 2 aliphatic heterocycles. The standard InChI is InChI=1S/C33H45ClFN5O7/c1-8-9-22(25(41)28(43)36-19-11-12-19)37-27(42)24-16-33(15-23(39-47-33)18-10-13-21(35)20(34)14-18)17-40(24)29(44)26(31(2,3)4)38-30(45)46-32(5,6)7/h10,13-14,19,22,24,26H,8-9,11-12,15-17H2,1-7H3,(H,36,43)(H,37,42)(H,38,45)/t22-,24-,26+,33+/m0/s1. The lowest BCUT2D eigenvalue weighted by Crippen LogP contribution is -2.59. The van der Waals surface area contributed by atoms with Crippen molar-refractivity contribution in [1.82, 2.24) is 20.9 Å². The maximum absolute atomic E-state index is 14.4. The highest BCUT2D eigenvalue weighted by Gasteiger charge is 2.56. The predicted molar refractivity (Wildman–Crippen MR) is 172 cm³/mol. The van der Waals surface area contributed by atoms with Crippen LogP contribution in [0.5, 0.6) is 0 Å². The van der Waals surface area contributed by atoms with E-state index in [1.807, 2.05) is 6.92 Å². The van der Waals surface area contributed by atoms with Crippen LogP contribution in [-0.4, -0.2) is 82.1 Å². The first kappa shape index (κ1) is 36.1. The number of ether oxygens (including phenoxy) is 1. The average Bonchev–Trinajstić information content (AvgIpc) is 3.56. The van der Waals surface area contributed by atoms with Gasteiger partial charge in [0, 0.05) is 24.4 Å². The Kier molecular flexibility index (Phi) is 10.6. The van der Waals surface area contributed by atoms with Crippen molar-refractivity contribution in [2.75, 3.05) is 6.54 Å². The Morgan fingerprint density at radius 3 is 2.38 bits per heavy atom. The molecule has 1 aromatic rings. The molecule has 258 valence electrons. The highest BCUT2D eigenvalue weighted by atomic mass is 35.5. The summed E-state index contributed by atoms with van der Waals surface area (Å²) in [5.41, 5.74) is -1.80. The van der Waals surface area contributed by atoms with E-state index in [9.17, 15) is 28.4 Å². The number of nitrogens with zero attached hydrogens (tertiary/aromatic N) is 2. The summed E-state index contributed by atoms with van der Waals surface area (Å²) in [6, 6.07) is 0.759. The Morgan fingerprint density at radius 1 is 1.13 bits per heavy atom. The van der Waals surface area contributed by atoms with Crippen molar-refractivity contribution in [1.29, 1.82) is 0 Å². The fourth-order valence-electron chi connectivity index (χ4n) is 5.67. The quantitative estimate of drug-likeness (QED) is 0.316. The molecular formula is C33H45ClFN5O7. The van der Waals surface area contributed by atoms with Crippen LogP contribution in [0.1, 0.15) is 92.6 Å². The second-order valence-electron chi connectivity index (χ2n) is 14.7. The molecule has 47 heavy (non-hydrogen) atoms. The molecule has 12 nitrogen and oxygen atoms in total. The number of likely N-dealkylation sites (tertiary alicyclic amines) is 1. The molecule has 2 fully saturated rings. The smallest absolute Gasteiger partial charge is 0.408 e. The van der Waals surface area contributed by atoms with Crippen LogP contribution < -0.4 is 16.0 Å². The summed E-state index contributed by atoms with van der Waals surface area (Å²) in [5, 5.41) is 12.2. The highest BCUT2D eigenvalue weighted by molar-refractivity contribution is 6.38. The SMILES string of the molecule is CCC[C@H](NC(=O)[C@@H]1C[C@]2(CC(c3ccc(F)c(Cl)c3)=NO2)CN1C(=O)[C@@H](NC(=O)OC(C)(C)C)C(C)(C)C)C(=O)C(=O)NC1CC1. The van der Waals surface area contributed by atoms with Crippen molar-refractivity contribution < 1.29 is 37.9 Å². The van der Waals surface area contributed by atoms with Crippen molar-refractivity contribution in [3.63, 3.8) is 0 Å². The number of halogens is 2. The molecule has 1 spiro atoms. The normalized spacial score (nSPS) is 22.2.